The Balaban J connectivity index is 1.93. The molecule has 0 fully saturated rings. The first-order valence-electron chi connectivity index (χ1n) is 7.20. The number of thiophene rings is 1. The van der Waals surface area contributed by atoms with E-state index in [4.69, 9.17) is 16.0 Å². The summed E-state index contributed by atoms with van der Waals surface area (Å²) in [5.74, 6) is 2.19. The lowest BCUT2D eigenvalue weighted by molar-refractivity contribution is 0.467. The van der Waals surface area contributed by atoms with Crippen LogP contribution in [0.4, 0.5) is 0 Å². The van der Waals surface area contributed by atoms with Crippen LogP contribution in [0.2, 0.25) is 0 Å². The van der Waals surface area contributed by atoms with Crippen LogP contribution in [0, 0.1) is 20.8 Å². The van der Waals surface area contributed by atoms with Crippen molar-refractivity contribution in [2.75, 3.05) is 0 Å². The normalized spacial score (nSPS) is 16.7. The van der Waals surface area contributed by atoms with Crippen LogP contribution in [-0.2, 0) is 6.42 Å². The molecule has 0 N–H and O–H groups in total. The first-order valence-corrected chi connectivity index (χ1v) is 8.40. The summed E-state index contributed by atoms with van der Waals surface area (Å²) in [5.41, 5.74) is 2.11. The molecule has 0 amide bonds. The van der Waals surface area contributed by atoms with Crippen LogP contribution in [0.3, 0.4) is 0 Å². The van der Waals surface area contributed by atoms with Gasteiger partial charge in [-0.1, -0.05) is 11.6 Å². The van der Waals surface area contributed by atoms with Crippen molar-refractivity contribution in [1.82, 2.24) is 19.7 Å². The van der Waals surface area contributed by atoms with Gasteiger partial charge in [-0.3, -0.25) is 9.56 Å². The van der Waals surface area contributed by atoms with Crippen molar-refractivity contribution in [3.8, 4) is 5.00 Å². The van der Waals surface area contributed by atoms with Crippen molar-refractivity contribution >= 4 is 28.1 Å². The zero-order chi connectivity index (χ0) is 16.1. The van der Waals surface area contributed by atoms with Gasteiger partial charge in [0.1, 0.15) is 28.3 Å². The summed E-state index contributed by atoms with van der Waals surface area (Å²) in [6.07, 6.45) is 3.67. The molecule has 8 heteroatoms. The van der Waals surface area contributed by atoms with Gasteiger partial charge >= 0.3 is 0 Å². The Kier molecular flexibility index (Phi) is 3.35. The fourth-order valence-corrected chi connectivity index (χ4v) is 4.39. The molecule has 3 aromatic rings. The van der Waals surface area contributed by atoms with Crippen molar-refractivity contribution in [3.63, 3.8) is 0 Å². The minimum absolute atomic E-state index is 0.276. The summed E-state index contributed by atoms with van der Waals surface area (Å²) >= 11 is 8.23. The average Bonchev–Trinajstić information content (AvgIpc) is 3.18. The van der Waals surface area contributed by atoms with Gasteiger partial charge in [-0.25, -0.2) is 4.98 Å². The minimum atomic E-state index is -0.276. The Labute approximate surface area is 141 Å². The molecule has 0 spiro atoms. The van der Waals surface area contributed by atoms with E-state index >= 15 is 0 Å². The summed E-state index contributed by atoms with van der Waals surface area (Å²) in [4.78, 5) is 10.1. The van der Waals surface area contributed by atoms with Gasteiger partial charge in [-0.2, -0.15) is 0 Å². The Hall–Kier alpha value is -1.99. The second-order valence-corrected chi connectivity index (χ2v) is 7.03. The van der Waals surface area contributed by atoms with Crippen molar-refractivity contribution in [2.24, 2.45) is 4.99 Å². The molecular formula is C15H14ClN5OS. The standard InChI is InChI=1S/C15H14ClN5OS/c1-7-8(2)23-15-12(7)13(16)18-10(6-11-17-4-5-22-11)14-20-19-9(3)21(14)15/h4-5,10H,6H2,1-3H3/t10-/m0/s1. The summed E-state index contributed by atoms with van der Waals surface area (Å²) in [6.45, 7) is 6.09. The van der Waals surface area contributed by atoms with Gasteiger partial charge in [0.25, 0.3) is 0 Å². The molecule has 0 saturated carbocycles. The highest BCUT2D eigenvalue weighted by atomic mass is 35.5. The van der Waals surface area contributed by atoms with E-state index in [1.807, 2.05) is 11.5 Å². The molecule has 4 heterocycles. The Bertz CT molecular complexity index is 909. The predicted octanol–water partition coefficient (Wildman–Crippen LogP) is 3.52. The molecule has 118 valence electrons. The molecule has 1 aliphatic heterocycles. The largest absolute Gasteiger partial charge is 0.449 e. The van der Waals surface area contributed by atoms with E-state index in [2.05, 4.69) is 34.0 Å². The maximum Gasteiger partial charge on any atom is 0.196 e. The SMILES string of the molecule is Cc1sc2c(c1C)C(Cl)=N[C@@H](Cc1ncco1)c1nnc(C)n1-2. The van der Waals surface area contributed by atoms with Crippen LogP contribution in [0.5, 0.6) is 0 Å². The predicted molar refractivity (Wildman–Crippen MR) is 88.8 cm³/mol. The highest BCUT2D eigenvalue weighted by Gasteiger charge is 2.30. The first-order chi connectivity index (χ1) is 11.1. The van der Waals surface area contributed by atoms with E-state index in [0.717, 1.165) is 27.8 Å². The fraction of sp³-hybridized carbons (Fsp3) is 0.333. The summed E-state index contributed by atoms with van der Waals surface area (Å²) < 4.78 is 7.41. The number of rotatable bonds is 2. The number of nitrogens with zero attached hydrogens (tertiary/aromatic N) is 5. The summed E-state index contributed by atoms with van der Waals surface area (Å²) in [6, 6.07) is -0.276. The number of hydrogen-bond acceptors (Lipinski definition) is 6. The molecule has 6 nitrogen and oxygen atoms in total. The van der Waals surface area contributed by atoms with E-state index in [-0.39, 0.29) is 6.04 Å². The van der Waals surface area contributed by atoms with Crippen LogP contribution in [0.15, 0.2) is 21.9 Å². The lowest BCUT2D eigenvalue weighted by atomic mass is 10.2. The molecule has 0 unspecified atom stereocenters. The maximum absolute atomic E-state index is 6.55. The quantitative estimate of drug-likeness (QED) is 0.711. The molecule has 0 saturated heterocycles. The molecule has 0 aliphatic carbocycles. The Morgan fingerprint density at radius 3 is 2.87 bits per heavy atom. The number of aliphatic imine (C=N–C) groups is 1. The number of fused-ring (bicyclic) bond motifs is 3. The molecule has 0 bridgehead atoms. The summed E-state index contributed by atoms with van der Waals surface area (Å²) in [5, 5.41) is 10.1. The Morgan fingerprint density at radius 2 is 2.13 bits per heavy atom. The van der Waals surface area contributed by atoms with E-state index in [1.165, 1.54) is 4.88 Å². The van der Waals surface area contributed by atoms with Gasteiger partial charge in [0.2, 0.25) is 0 Å². The second kappa shape index (κ2) is 5.28. The summed E-state index contributed by atoms with van der Waals surface area (Å²) in [7, 11) is 0. The van der Waals surface area contributed by atoms with Crippen molar-refractivity contribution < 1.29 is 4.42 Å². The third-order valence-corrected chi connectivity index (χ3v) is 5.52. The molecular weight excluding hydrogens is 334 g/mol. The van der Waals surface area contributed by atoms with Crippen LogP contribution in [0.25, 0.3) is 5.00 Å². The van der Waals surface area contributed by atoms with Crippen molar-refractivity contribution in [3.05, 3.63) is 46.0 Å². The van der Waals surface area contributed by atoms with Gasteiger partial charge in [-0.15, -0.1) is 21.5 Å². The third-order valence-electron chi connectivity index (χ3n) is 4.04. The monoisotopic (exact) mass is 347 g/mol. The molecule has 1 atom stereocenters. The molecule has 23 heavy (non-hydrogen) atoms. The number of aryl methyl sites for hydroxylation is 2. The highest BCUT2D eigenvalue weighted by molar-refractivity contribution is 7.15. The molecule has 0 aromatic carbocycles. The van der Waals surface area contributed by atoms with Crippen LogP contribution >= 0.6 is 22.9 Å². The van der Waals surface area contributed by atoms with Gasteiger partial charge in [-0.05, 0) is 26.3 Å². The molecule has 0 radical (unpaired) electrons. The number of oxazole rings is 1. The lowest BCUT2D eigenvalue weighted by Gasteiger charge is -2.09. The average molecular weight is 348 g/mol. The molecule has 1 aliphatic rings. The number of hydrogen-bond donors (Lipinski definition) is 0. The van der Waals surface area contributed by atoms with E-state index in [0.29, 0.717) is 17.5 Å². The third kappa shape index (κ3) is 2.22. The van der Waals surface area contributed by atoms with Gasteiger partial charge < -0.3 is 4.42 Å². The highest BCUT2D eigenvalue weighted by Crippen LogP contribution is 2.38. The van der Waals surface area contributed by atoms with Crippen LogP contribution in [0.1, 0.15) is 39.6 Å². The van der Waals surface area contributed by atoms with Gasteiger partial charge in [0, 0.05) is 10.4 Å². The first kappa shape index (κ1) is 14.6. The van der Waals surface area contributed by atoms with E-state index in [1.54, 1.807) is 23.8 Å². The van der Waals surface area contributed by atoms with Crippen molar-refractivity contribution in [1.29, 1.82) is 0 Å². The maximum atomic E-state index is 6.55. The molecule has 3 aromatic heterocycles. The number of halogens is 1. The van der Waals surface area contributed by atoms with E-state index in [9.17, 15) is 0 Å². The zero-order valence-corrected chi connectivity index (χ0v) is 14.4. The second-order valence-electron chi connectivity index (χ2n) is 5.47. The van der Waals surface area contributed by atoms with Crippen LogP contribution in [-0.4, -0.2) is 24.9 Å². The minimum Gasteiger partial charge on any atom is -0.449 e. The van der Waals surface area contributed by atoms with E-state index < -0.39 is 0 Å². The topological polar surface area (TPSA) is 69.1 Å². The smallest absolute Gasteiger partial charge is 0.196 e. The zero-order valence-electron chi connectivity index (χ0n) is 12.9. The van der Waals surface area contributed by atoms with Gasteiger partial charge in [0.05, 0.1) is 12.6 Å². The lowest BCUT2D eigenvalue weighted by Crippen LogP contribution is -2.08. The van der Waals surface area contributed by atoms with Crippen LogP contribution < -0.4 is 0 Å². The number of aromatic nitrogens is 4. The fourth-order valence-electron chi connectivity index (χ4n) is 2.77. The molecule has 4 rings (SSSR count). The van der Waals surface area contributed by atoms with Crippen molar-refractivity contribution in [2.45, 2.75) is 33.2 Å². The Morgan fingerprint density at radius 1 is 1.30 bits per heavy atom. The van der Waals surface area contributed by atoms with Gasteiger partial charge in [0.15, 0.2) is 11.7 Å².